The van der Waals surface area contributed by atoms with Crippen LogP contribution in [0.3, 0.4) is 0 Å². The van der Waals surface area contributed by atoms with Gasteiger partial charge in [-0.1, -0.05) is 133 Å². The van der Waals surface area contributed by atoms with Gasteiger partial charge in [-0.05, 0) is 12.1 Å². The molecule has 0 atom stereocenters. The van der Waals surface area contributed by atoms with Gasteiger partial charge in [0.1, 0.15) is 10.9 Å². The van der Waals surface area contributed by atoms with E-state index in [-0.39, 0.29) is 10.9 Å². The van der Waals surface area contributed by atoms with E-state index in [9.17, 15) is 0 Å². The second-order valence-electron chi connectivity index (χ2n) is 8.92. The zero-order valence-electron chi connectivity index (χ0n) is 20.5. The first kappa shape index (κ1) is 24.2. The van der Waals surface area contributed by atoms with Crippen molar-refractivity contribution >= 4 is 57.4 Å². The van der Waals surface area contributed by atoms with Gasteiger partial charge in [-0.15, -0.1) is 0 Å². The SMILES string of the molecule is O=P(c1ccccc1)(c1ccccc1)c1nc2ccccc2nc1P(=O)(c1ccccc1)c1ccccc1. The lowest BCUT2D eigenvalue weighted by Gasteiger charge is -2.26. The molecular formula is C32H24N2O2P2. The largest absolute Gasteiger partial charge is 0.307 e. The Morgan fingerprint density at radius 1 is 0.342 bits per heavy atom. The van der Waals surface area contributed by atoms with Crippen molar-refractivity contribution in [3.8, 4) is 0 Å². The van der Waals surface area contributed by atoms with Gasteiger partial charge in [0.15, 0.2) is 14.3 Å². The number of hydrogen-bond acceptors (Lipinski definition) is 4. The van der Waals surface area contributed by atoms with Crippen molar-refractivity contribution in [3.63, 3.8) is 0 Å². The lowest BCUT2D eigenvalue weighted by molar-refractivity contribution is 0.589. The highest BCUT2D eigenvalue weighted by atomic mass is 31.2. The summed E-state index contributed by atoms with van der Waals surface area (Å²) in [6.45, 7) is 0. The molecule has 0 radical (unpaired) electrons. The first-order valence-corrected chi connectivity index (χ1v) is 15.7. The summed E-state index contributed by atoms with van der Waals surface area (Å²) in [6.07, 6.45) is 0. The number of hydrogen-bond donors (Lipinski definition) is 0. The van der Waals surface area contributed by atoms with E-state index in [1.165, 1.54) is 0 Å². The third-order valence-corrected chi connectivity index (χ3v) is 12.7. The summed E-state index contributed by atoms with van der Waals surface area (Å²) >= 11 is 0. The summed E-state index contributed by atoms with van der Waals surface area (Å²) < 4.78 is 31.1. The van der Waals surface area contributed by atoms with Crippen molar-refractivity contribution in [2.45, 2.75) is 0 Å². The van der Waals surface area contributed by atoms with E-state index in [0.717, 1.165) is 0 Å². The summed E-state index contributed by atoms with van der Waals surface area (Å²) in [6, 6.07) is 44.8. The molecule has 1 heterocycles. The minimum absolute atomic E-state index is 0.254. The molecular weight excluding hydrogens is 506 g/mol. The fourth-order valence-electron chi connectivity index (χ4n) is 4.74. The van der Waals surface area contributed by atoms with E-state index in [1.54, 1.807) is 0 Å². The zero-order valence-corrected chi connectivity index (χ0v) is 22.3. The normalized spacial score (nSPS) is 11.9. The van der Waals surface area contributed by atoms with Crippen molar-refractivity contribution in [3.05, 3.63) is 146 Å². The summed E-state index contributed by atoms with van der Waals surface area (Å²) in [7, 11) is -7.20. The molecule has 6 aromatic rings. The summed E-state index contributed by atoms with van der Waals surface area (Å²) in [5.74, 6) is 0. The summed E-state index contributed by atoms with van der Waals surface area (Å²) in [5, 5.41) is 2.46. The molecule has 0 unspecified atom stereocenters. The minimum Gasteiger partial charge on any atom is -0.307 e. The van der Waals surface area contributed by atoms with Gasteiger partial charge >= 0.3 is 0 Å². The third-order valence-electron chi connectivity index (χ3n) is 6.61. The standard InChI is InChI=1S/C32H24N2O2P2/c35-37(25-15-5-1-6-16-25,26-17-7-2-8-18-26)31-32(34-30-24-14-13-23-29(30)33-31)38(36,27-19-9-3-10-20-27)28-21-11-4-12-22-28/h1-24H. The van der Waals surface area contributed by atoms with Crippen LogP contribution in [0.5, 0.6) is 0 Å². The van der Waals surface area contributed by atoms with Gasteiger partial charge in [0.2, 0.25) is 0 Å². The smallest absolute Gasteiger partial charge is 0.190 e. The van der Waals surface area contributed by atoms with Crippen molar-refractivity contribution < 1.29 is 9.13 Å². The van der Waals surface area contributed by atoms with Gasteiger partial charge in [0.25, 0.3) is 0 Å². The number of nitrogens with zero attached hydrogens (tertiary/aromatic N) is 2. The first-order chi connectivity index (χ1) is 18.6. The molecule has 0 N–H and O–H groups in total. The lowest BCUT2D eigenvalue weighted by Crippen LogP contribution is -2.42. The van der Waals surface area contributed by atoms with Crippen LogP contribution in [-0.4, -0.2) is 9.97 Å². The fraction of sp³-hybridized carbons (Fsp3) is 0. The molecule has 0 aliphatic carbocycles. The predicted molar refractivity (Wildman–Crippen MR) is 158 cm³/mol. The maximum absolute atomic E-state index is 15.6. The summed E-state index contributed by atoms with van der Waals surface area (Å²) in [4.78, 5) is 10.0. The monoisotopic (exact) mass is 530 g/mol. The lowest BCUT2D eigenvalue weighted by atomic mass is 10.3. The van der Waals surface area contributed by atoms with Crippen LogP contribution in [0.25, 0.3) is 11.0 Å². The van der Waals surface area contributed by atoms with Crippen LogP contribution in [0, 0.1) is 0 Å². The number of fused-ring (bicyclic) bond motifs is 1. The molecule has 184 valence electrons. The van der Waals surface area contributed by atoms with Crippen molar-refractivity contribution in [2.24, 2.45) is 0 Å². The van der Waals surface area contributed by atoms with Gasteiger partial charge in [-0.3, -0.25) is 0 Å². The first-order valence-electron chi connectivity index (χ1n) is 12.3. The second kappa shape index (κ2) is 9.99. The number of para-hydroxylation sites is 2. The fourth-order valence-corrected chi connectivity index (χ4v) is 10.7. The maximum atomic E-state index is 15.6. The molecule has 0 aliphatic rings. The number of benzene rings is 5. The van der Waals surface area contributed by atoms with Crippen LogP contribution in [0.4, 0.5) is 0 Å². The van der Waals surface area contributed by atoms with Crippen molar-refractivity contribution in [1.29, 1.82) is 0 Å². The van der Waals surface area contributed by atoms with Gasteiger partial charge in [0, 0.05) is 21.2 Å². The molecule has 4 nitrogen and oxygen atoms in total. The van der Waals surface area contributed by atoms with E-state index < -0.39 is 14.3 Å². The van der Waals surface area contributed by atoms with Crippen LogP contribution in [-0.2, 0) is 9.13 Å². The highest BCUT2D eigenvalue weighted by molar-refractivity contribution is 7.90. The van der Waals surface area contributed by atoms with Crippen LogP contribution in [0.15, 0.2) is 146 Å². The Labute approximate surface area is 221 Å². The van der Waals surface area contributed by atoms with E-state index in [4.69, 9.17) is 9.97 Å². The zero-order chi connectivity index (χ0) is 26.0. The van der Waals surface area contributed by atoms with Gasteiger partial charge < -0.3 is 9.13 Å². The average molecular weight is 531 g/mol. The van der Waals surface area contributed by atoms with Gasteiger partial charge in [-0.25, -0.2) is 9.97 Å². The highest BCUT2D eigenvalue weighted by Crippen LogP contribution is 2.47. The Kier molecular flexibility index (Phi) is 6.37. The molecule has 0 spiro atoms. The minimum atomic E-state index is -3.60. The Morgan fingerprint density at radius 2 is 0.579 bits per heavy atom. The Balaban J connectivity index is 1.79. The van der Waals surface area contributed by atoms with E-state index >= 15 is 9.13 Å². The quantitative estimate of drug-likeness (QED) is 0.287. The second-order valence-corrected chi connectivity index (χ2v) is 14.3. The topological polar surface area (TPSA) is 59.9 Å². The average Bonchev–Trinajstić information content (AvgIpc) is 3.01. The van der Waals surface area contributed by atoms with Gasteiger partial charge in [0.05, 0.1) is 11.0 Å². The van der Waals surface area contributed by atoms with Crippen LogP contribution in [0.1, 0.15) is 0 Å². The molecule has 0 fully saturated rings. The number of aromatic nitrogens is 2. The molecule has 5 aromatic carbocycles. The van der Waals surface area contributed by atoms with E-state index in [0.29, 0.717) is 32.3 Å². The van der Waals surface area contributed by atoms with Gasteiger partial charge in [-0.2, -0.15) is 0 Å². The third kappa shape index (κ3) is 4.03. The molecule has 0 aliphatic heterocycles. The molecule has 0 amide bonds. The summed E-state index contributed by atoms with van der Waals surface area (Å²) in [5.41, 5.74) is 1.71. The molecule has 0 bridgehead atoms. The van der Waals surface area contributed by atoms with E-state index in [2.05, 4.69) is 0 Å². The van der Waals surface area contributed by atoms with E-state index in [1.807, 2.05) is 146 Å². The molecule has 0 saturated heterocycles. The number of rotatable bonds is 6. The Bertz CT molecular complexity index is 1590. The van der Waals surface area contributed by atoms with Crippen LogP contribution >= 0.6 is 14.3 Å². The molecule has 6 heteroatoms. The van der Waals surface area contributed by atoms with Crippen molar-refractivity contribution in [2.75, 3.05) is 0 Å². The predicted octanol–water partition coefficient (Wildman–Crippen LogP) is 4.91. The van der Waals surface area contributed by atoms with Crippen LogP contribution in [0.2, 0.25) is 0 Å². The molecule has 38 heavy (non-hydrogen) atoms. The van der Waals surface area contributed by atoms with Crippen LogP contribution < -0.4 is 32.1 Å². The Hall–Kier alpha value is -4.10. The molecule has 1 aromatic heterocycles. The molecule has 0 saturated carbocycles. The highest BCUT2D eigenvalue weighted by Gasteiger charge is 2.42. The van der Waals surface area contributed by atoms with Crippen molar-refractivity contribution in [1.82, 2.24) is 9.97 Å². The maximum Gasteiger partial charge on any atom is 0.190 e. The Morgan fingerprint density at radius 3 is 0.842 bits per heavy atom. The molecule has 6 rings (SSSR count).